The molecule has 0 saturated heterocycles. The van der Waals surface area contributed by atoms with E-state index in [9.17, 15) is 4.79 Å². The van der Waals surface area contributed by atoms with E-state index in [0.29, 0.717) is 6.61 Å². The number of ketones is 1. The smallest absolute Gasteiger partial charge is 0.204 e. The van der Waals surface area contributed by atoms with E-state index in [-0.39, 0.29) is 5.78 Å². The molecule has 0 bridgehead atoms. The van der Waals surface area contributed by atoms with Gasteiger partial charge in [-0.15, -0.1) is 11.3 Å². The third-order valence-corrected chi connectivity index (χ3v) is 4.11. The van der Waals surface area contributed by atoms with Crippen molar-refractivity contribution in [3.05, 3.63) is 22.4 Å². The summed E-state index contributed by atoms with van der Waals surface area (Å²) in [5.41, 5.74) is -0.516. The van der Waals surface area contributed by atoms with Crippen molar-refractivity contribution in [2.45, 2.75) is 44.6 Å². The number of thiophene rings is 1. The Kier molecular flexibility index (Phi) is 3.77. The van der Waals surface area contributed by atoms with Gasteiger partial charge in [0.25, 0.3) is 0 Å². The van der Waals surface area contributed by atoms with Gasteiger partial charge in [0.1, 0.15) is 5.60 Å². The van der Waals surface area contributed by atoms with Crippen LogP contribution in [0.3, 0.4) is 0 Å². The second-order valence-corrected chi connectivity index (χ2v) is 5.24. The Balaban J connectivity index is 2.21. The van der Waals surface area contributed by atoms with Crippen LogP contribution in [0.15, 0.2) is 17.5 Å². The molecule has 1 aromatic heterocycles. The maximum Gasteiger partial charge on any atom is 0.204 e. The second kappa shape index (κ2) is 5.11. The number of carbonyl (C=O) groups excluding carboxylic acids is 1. The third-order valence-electron chi connectivity index (χ3n) is 3.24. The van der Waals surface area contributed by atoms with Gasteiger partial charge in [-0.25, -0.2) is 0 Å². The average molecular weight is 238 g/mol. The van der Waals surface area contributed by atoms with Crippen LogP contribution in [0.5, 0.6) is 0 Å². The summed E-state index contributed by atoms with van der Waals surface area (Å²) in [7, 11) is 0. The van der Waals surface area contributed by atoms with E-state index in [1.165, 1.54) is 17.8 Å². The van der Waals surface area contributed by atoms with Crippen LogP contribution in [-0.4, -0.2) is 18.0 Å². The molecule has 1 heterocycles. The van der Waals surface area contributed by atoms with E-state index in [1.807, 2.05) is 24.4 Å². The summed E-state index contributed by atoms with van der Waals surface area (Å²) in [4.78, 5) is 13.3. The number of carbonyl (C=O) groups is 1. The molecule has 1 aliphatic rings. The molecule has 0 unspecified atom stereocenters. The molecule has 0 amide bonds. The number of Topliss-reactive ketones (excluding diaryl/α,β-unsaturated/α-hetero) is 1. The van der Waals surface area contributed by atoms with E-state index in [1.54, 1.807) is 0 Å². The summed E-state index contributed by atoms with van der Waals surface area (Å²) in [6.45, 7) is 2.59. The minimum Gasteiger partial charge on any atom is -0.367 e. The van der Waals surface area contributed by atoms with Crippen molar-refractivity contribution >= 4 is 17.1 Å². The lowest BCUT2D eigenvalue weighted by atomic mass is 9.81. The predicted molar refractivity (Wildman–Crippen MR) is 66.1 cm³/mol. The zero-order chi connectivity index (χ0) is 11.4. The van der Waals surface area contributed by atoms with Crippen LogP contribution in [0.4, 0.5) is 0 Å². The molecule has 2 nitrogen and oxygen atoms in total. The molecule has 0 atom stereocenters. The minimum absolute atomic E-state index is 0.198. The van der Waals surface area contributed by atoms with Crippen molar-refractivity contribution in [1.29, 1.82) is 0 Å². The van der Waals surface area contributed by atoms with Crippen molar-refractivity contribution in [1.82, 2.24) is 0 Å². The largest absolute Gasteiger partial charge is 0.367 e. The maximum absolute atomic E-state index is 12.5. The molecule has 2 rings (SSSR count). The van der Waals surface area contributed by atoms with Crippen LogP contribution < -0.4 is 0 Å². The minimum atomic E-state index is -0.516. The standard InChI is InChI=1S/C13H18O2S/c1-2-15-13(8-4-3-5-9-13)12(14)11-7-6-10-16-11/h6-7,10H,2-5,8-9H2,1H3. The van der Waals surface area contributed by atoms with Gasteiger partial charge in [0.2, 0.25) is 5.78 Å². The van der Waals surface area contributed by atoms with Crippen LogP contribution in [0.25, 0.3) is 0 Å². The van der Waals surface area contributed by atoms with E-state index in [2.05, 4.69) is 0 Å². The molecule has 1 fully saturated rings. The quantitative estimate of drug-likeness (QED) is 0.748. The normalized spacial score (nSPS) is 19.6. The highest BCUT2D eigenvalue weighted by atomic mass is 32.1. The molecule has 0 N–H and O–H groups in total. The molecule has 0 aliphatic heterocycles. The first-order valence-corrected chi connectivity index (χ1v) is 6.89. The highest BCUT2D eigenvalue weighted by molar-refractivity contribution is 7.12. The lowest BCUT2D eigenvalue weighted by molar-refractivity contribution is -0.0408. The van der Waals surface area contributed by atoms with Crippen LogP contribution >= 0.6 is 11.3 Å². The molecule has 0 spiro atoms. The zero-order valence-corrected chi connectivity index (χ0v) is 10.5. The van der Waals surface area contributed by atoms with Crippen molar-refractivity contribution in [3.8, 4) is 0 Å². The topological polar surface area (TPSA) is 26.3 Å². The van der Waals surface area contributed by atoms with E-state index < -0.39 is 5.60 Å². The molecule has 1 aliphatic carbocycles. The Morgan fingerprint density at radius 2 is 2.19 bits per heavy atom. The van der Waals surface area contributed by atoms with Gasteiger partial charge >= 0.3 is 0 Å². The van der Waals surface area contributed by atoms with E-state index >= 15 is 0 Å². The fourth-order valence-corrected chi connectivity index (χ4v) is 3.22. The van der Waals surface area contributed by atoms with E-state index in [0.717, 1.165) is 30.6 Å². The zero-order valence-electron chi connectivity index (χ0n) is 9.70. The summed E-state index contributed by atoms with van der Waals surface area (Å²) in [6.07, 6.45) is 5.22. The van der Waals surface area contributed by atoms with Gasteiger partial charge in [-0.2, -0.15) is 0 Å². The predicted octanol–water partition coefficient (Wildman–Crippen LogP) is 3.67. The highest BCUT2D eigenvalue weighted by Gasteiger charge is 2.40. The van der Waals surface area contributed by atoms with Gasteiger partial charge in [0.15, 0.2) is 0 Å². The molecule has 3 heteroatoms. The molecule has 88 valence electrons. The molecule has 1 saturated carbocycles. The summed E-state index contributed by atoms with van der Waals surface area (Å²) < 4.78 is 5.81. The number of rotatable bonds is 4. The summed E-state index contributed by atoms with van der Waals surface area (Å²) in [5.74, 6) is 0.198. The molecule has 0 aromatic carbocycles. The van der Waals surface area contributed by atoms with Gasteiger partial charge in [-0.1, -0.05) is 25.3 Å². The first-order chi connectivity index (χ1) is 7.78. The van der Waals surface area contributed by atoms with Crippen molar-refractivity contribution in [3.63, 3.8) is 0 Å². The number of hydrogen-bond donors (Lipinski definition) is 0. The van der Waals surface area contributed by atoms with Gasteiger partial charge < -0.3 is 4.74 Å². The van der Waals surface area contributed by atoms with Crippen molar-refractivity contribution < 1.29 is 9.53 Å². The Morgan fingerprint density at radius 3 is 2.75 bits per heavy atom. The molecule has 16 heavy (non-hydrogen) atoms. The van der Waals surface area contributed by atoms with Crippen molar-refractivity contribution in [2.24, 2.45) is 0 Å². The second-order valence-electron chi connectivity index (χ2n) is 4.29. The maximum atomic E-state index is 12.5. The summed E-state index contributed by atoms with van der Waals surface area (Å²) >= 11 is 1.52. The number of hydrogen-bond acceptors (Lipinski definition) is 3. The fourth-order valence-electron chi connectivity index (χ4n) is 2.47. The fraction of sp³-hybridized carbons (Fsp3) is 0.615. The van der Waals surface area contributed by atoms with Gasteiger partial charge in [-0.3, -0.25) is 4.79 Å². The van der Waals surface area contributed by atoms with Crippen LogP contribution in [-0.2, 0) is 4.74 Å². The first-order valence-electron chi connectivity index (χ1n) is 6.01. The van der Waals surface area contributed by atoms with Crippen LogP contribution in [0.2, 0.25) is 0 Å². The Bertz CT molecular complexity index is 331. The average Bonchev–Trinajstić information content (AvgIpc) is 2.83. The molecule has 1 aromatic rings. The SMILES string of the molecule is CCOC1(C(=O)c2cccs2)CCCCC1. The molecule has 0 radical (unpaired) electrons. The van der Waals surface area contributed by atoms with Gasteiger partial charge in [0, 0.05) is 6.61 Å². The van der Waals surface area contributed by atoms with Crippen LogP contribution in [0.1, 0.15) is 48.7 Å². The number of ether oxygens (including phenoxy) is 1. The lowest BCUT2D eigenvalue weighted by Crippen LogP contribution is -2.43. The lowest BCUT2D eigenvalue weighted by Gasteiger charge is -2.35. The highest BCUT2D eigenvalue weighted by Crippen LogP contribution is 2.35. The monoisotopic (exact) mass is 238 g/mol. The van der Waals surface area contributed by atoms with E-state index in [4.69, 9.17) is 4.74 Å². The molecular formula is C13H18O2S. The third kappa shape index (κ3) is 2.20. The Morgan fingerprint density at radius 1 is 1.44 bits per heavy atom. The molecular weight excluding hydrogens is 220 g/mol. The Labute approximate surface area is 101 Å². The first kappa shape index (κ1) is 11.8. The van der Waals surface area contributed by atoms with Gasteiger partial charge in [-0.05, 0) is 31.2 Å². The Hall–Kier alpha value is -0.670. The van der Waals surface area contributed by atoms with Crippen molar-refractivity contribution in [2.75, 3.05) is 6.61 Å². The summed E-state index contributed by atoms with van der Waals surface area (Å²) in [5, 5.41) is 1.95. The van der Waals surface area contributed by atoms with Gasteiger partial charge in [0.05, 0.1) is 4.88 Å². The summed E-state index contributed by atoms with van der Waals surface area (Å²) in [6, 6.07) is 3.84. The van der Waals surface area contributed by atoms with Crippen LogP contribution in [0, 0.1) is 0 Å².